The smallest absolute Gasteiger partial charge is 0.143 e. The number of hydrogen-bond acceptors (Lipinski definition) is 3. The van der Waals surface area contributed by atoms with Gasteiger partial charge in [0.2, 0.25) is 0 Å². The number of para-hydroxylation sites is 4. The van der Waals surface area contributed by atoms with Crippen molar-refractivity contribution in [3.05, 3.63) is 237 Å². The largest absolute Gasteiger partial charge is 0.455 e. The fraction of sp³-hybridized carbons (Fsp3) is 0. The Labute approximate surface area is 365 Å². The molecule has 0 unspecified atom stereocenters. The normalized spacial score (nSPS) is 11.5. The zero-order valence-corrected chi connectivity index (χ0v) is 34.3. The topological polar surface area (TPSA) is 29.5 Å². The van der Waals surface area contributed by atoms with Gasteiger partial charge in [-0.05, 0) is 69.8 Å². The Morgan fingerprint density at radius 3 is 0.778 bits per heavy atom. The van der Waals surface area contributed by atoms with Crippen molar-refractivity contribution in [2.24, 2.45) is 0 Å². The van der Waals surface area contributed by atoms with Crippen LogP contribution in [0.5, 0.6) is 0 Å². The van der Waals surface area contributed by atoms with Gasteiger partial charge in [-0.1, -0.05) is 200 Å². The van der Waals surface area contributed by atoms with E-state index in [9.17, 15) is 0 Å². The van der Waals surface area contributed by atoms with Gasteiger partial charge in [0.1, 0.15) is 22.3 Å². The third-order valence-electron chi connectivity index (χ3n) is 12.3. The van der Waals surface area contributed by atoms with Crippen LogP contribution in [0.1, 0.15) is 0 Å². The van der Waals surface area contributed by atoms with E-state index in [1.54, 1.807) is 0 Å². The first-order chi connectivity index (χ1) is 31.2. The zero-order chi connectivity index (χ0) is 41.7. The van der Waals surface area contributed by atoms with Crippen LogP contribution in [0.2, 0.25) is 0 Å². The molecule has 12 aromatic rings. The van der Waals surface area contributed by atoms with Gasteiger partial charge in [-0.25, -0.2) is 0 Å². The predicted molar refractivity (Wildman–Crippen MR) is 263 cm³/mol. The second-order valence-corrected chi connectivity index (χ2v) is 16.0. The second-order valence-electron chi connectivity index (χ2n) is 16.0. The molecule has 0 amide bonds. The third-order valence-corrected chi connectivity index (χ3v) is 12.3. The molecule has 0 saturated carbocycles. The van der Waals surface area contributed by atoms with Crippen molar-refractivity contribution in [3.63, 3.8) is 0 Å². The summed E-state index contributed by atoms with van der Waals surface area (Å²) in [5.74, 6) is 0. The Hall–Kier alpha value is -8.40. The number of furan rings is 2. The highest BCUT2D eigenvalue weighted by Crippen LogP contribution is 2.44. The summed E-state index contributed by atoms with van der Waals surface area (Å²) in [6.07, 6.45) is 0. The lowest BCUT2D eigenvalue weighted by Crippen LogP contribution is -2.09. The molecule has 63 heavy (non-hydrogen) atoms. The van der Waals surface area contributed by atoms with Crippen LogP contribution in [0.4, 0.5) is 17.1 Å². The molecule has 10 aromatic carbocycles. The Kier molecular flexibility index (Phi) is 8.83. The van der Waals surface area contributed by atoms with Gasteiger partial charge in [0.15, 0.2) is 0 Å². The first-order valence-electron chi connectivity index (χ1n) is 21.4. The van der Waals surface area contributed by atoms with Crippen LogP contribution < -0.4 is 4.90 Å². The van der Waals surface area contributed by atoms with Crippen molar-refractivity contribution in [1.29, 1.82) is 0 Å². The van der Waals surface area contributed by atoms with Gasteiger partial charge in [0, 0.05) is 60.9 Å². The highest BCUT2D eigenvalue weighted by molar-refractivity contribution is 6.14. The highest BCUT2D eigenvalue weighted by atomic mass is 16.3. The molecule has 0 aliphatic heterocycles. The molecule has 296 valence electrons. The van der Waals surface area contributed by atoms with Crippen LogP contribution in [-0.2, 0) is 0 Å². The van der Waals surface area contributed by atoms with E-state index in [1.165, 1.54) is 11.1 Å². The maximum absolute atomic E-state index is 6.79. The Bertz CT molecular complexity index is 3370. The maximum Gasteiger partial charge on any atom is 0.143 e. The van der Waals surface area contributed by atoms with Crippen LogP contribution >= 0.6 is 0 Å². The summed E-state index contributed by atoms with van der Waals surface area (Å²) in [5.41, 5.74) is 17.9. The average molecular weight is 806 g/mol. The lowest BCUT2D eigenvalue weighted by atomic mass is 9.99. The van der Waals surface area contributed by atoms with Gasteiger partial charge >= 0.3 is 0 Å². The van der Waals surface area contributed by atoms with Crippen molar-refractivity contribution < 1.29 is 8.83 Å². The molecule has 2 heterocycles. The Balaban J connectivity index is 0.936. The average Bonchev–Trinajstić information content (AvgIpc) is 3.95. The molecule has 3 nitrogen and oxygen atoms in total. The molecule has 12 rings (SSSR count). The Morgan fingerprint density at radius 2 is 0.460 bits per heavy atom. The molecule has 2 aromatic heterocycles. The van der Waals surface area contributed by atoms with Crippen LogP contribution in [0.15, 0.2) is 245 Å². The summed E-state index contributed by atoms with van der Waals surface area (Å²) in [6.45, 7) is 0. The van der Waals surface area contributed by atoms with E-state index < -0.39 is 0 Å². The molecule has 0 bridgehead atoms. The monoisotopic (exact) mass is 805 g/mol. The van der Waals surface area contributed by atoms with Crippen molar-refractivity contribution in [2.75, 3.05) is 4.90 Å². The molecule has 0 atom stereocenters. The van der Waals surface area contributed by atoms with E-state index in [4.69, 9.17) is 8.83 Å². The van der Waals surface area contributed by atoms with E-state index in [-0.39, 0.29) is 0 Å². The van der Waals surface area contributed by atoms with Gasteiger partial charge in [0.05, 0.1) is 0 Å². The van der Waals surface area contributed by atoms with Gasteiger partial charge in [-0.3, -0.25) is 0 Å². The second kappa shape index (κ2) is 15.3. The fourth-order valence-electron chi connectivity index (χ4n) is 9.25. The third kappa shape index (κ3) is 6.38. The molecule has 0 fully saturated rings. The first kappa shape index (κ1) is 36.5. The molecule has 0 saturated heterocycles. The van der Waals surface area contributed by atoms with Gasteiger partial charge in [-0.15, -0.1) is 0 Å². The summed E-state index contributed by atoms with van der Waals surface area (Å²) in [6, 6.07) is 83.7. The number of fused-ring (bicyclic) bond motifs is 6. The molecule has 0 spiro atoms. The van der Waals surface area contributed by atoms with Gasteiger partial charge in [0.25, 0.3) is 0 Å². The van der Waals surface area contributed by atoms with Gasteiger partial charge < -0.3 is 13.7 Å². The molecule has 0 N–H and O–H groups in total. The lowest BCUT2D eigenvalue weighted by Gasteiger charge is -2.26. The van der Waals surface area contributed by atoms with Crippen LogP contribution in [0, 0.1) is 0 Å². The van der Waals surface area contributed by atoms with Crippen molar-refractivity contribution in [3.8, 4) is 55.6 Å². The maximum atomic E-state index is 6.79. The van der Waals surface area contributed by atoms with E-state index in [1.807, 2.05) is 12.1 Å². The van der Waals surface area contributed by atoms with Crippen molar-refractivity contribution >= 4 is 60.9 Å². The van der Waals surface area contributed by atoms with Crippen molar-refractivity contribution in [2.45, 2.75) is 0 Å². The summed E-state index contributed by atoms with van der Waals surface area (Å²) >= 11 is 0. The molecular formula is C60H39NO2. The number of benzene rings is 10. The summed E-state index contributed by atoms with van der Waals surface area (Å²) in [7, 11) is 0. The highest BCUT2D eigenvalue weighted by Gasteiger charge is 2.19. The molecule has 0 radical (unpaired) electrons. The quantitative estimate of drug-likeness (QED) is 0.153. The number of anilines is 3. The first-order valence-corrected chi connectivity index (χ1v) is 21.4. The van der Waals surface area contributed by atoms with E-state index in [0.29, 0.717) is 0 Å². The fourth-order valence-corrected chi connectivity index (χ4v) is 9.25. The van der Waals surface area contributed by atoms with Gasteiger partial charge in [-0.2, -0.15) is 0 Å². The molecular weight excluding hydrogens is 767 g/mol. The van der Waals surface area contributed by atoms with E-state index in [2.05, 4.69) is 229 Å². The summed E-state index contributed by atoms with van der Waals surface area (Å²) < 4.78 is 13.6. The molecule has 0 aliphatic carbocycles. The number of nitrogens with zero attached hydrogens (tertiary/aromatic N) is 1. The standard InChI is InChI=1S/C60H39NO2/c1-4-14-40(15-5-1)41-28-34-46(35-29-41)61(47-36-30-44(31-37-47)51-22-12-26-55-53-24-10-20-49(57(53)62-59(51)55)42-16-6-2-7-17-42)48-38-32-45(33-39-48)52-23-13-27-56-54-25-11-21-50(58(54)63-60(52)56)43-18-8-3-9-19-43/h1-39H. The minimum Gasteiger partial charge on any atom is -0.455 e. The van der Waals surface area contributed by atoms with E-state index >= 15 is 0 Å². The SMILES string of the molecule is c1ccc(-c2ccc(N(c3ccc(-c4cccc5c4oc4c(-c6ccccc6)cccc45)cc3)c3ccc(-c4cccc5c4oc4c(-c6ccccc6)cccc45)cc3)cc2)cc1. The summed E-state index contributed by atoms with van der Waals surface area (Å²) in [5, 5.41) is 4.46. The zero-order valence-electron chi connectivity index (χ0n) is 34.3. The van der Waals surface area contributed by atoms with Crippen LogP contribution in [0.25, 0.3) is 99.5 Å². The van der Waals surface area contributed by atoms with Crippen molar-refractivity contribution in [1.82, 2.24) is 0 Å². The summed E-state index contributed by atoms with van der Waals surface area (Å²) in [4.78, 5) is 2.32. The lowest BCUT2D eigenvalue weighted by molar-refractivity contribution is 0.670. The minimum absolute atomic E-state index is 0.892. The molecule has 3 heteroatoms. The van der Waals surface area contributed by atoms with Crippen LogP contribution in [-0.4, -0.2) is 0 Å². The predicted octanol–water partition coefficient (Wildman–Crippen LogP) is 17.3. The van der Waals surface area contributed by atoms with Crippen LogP contribution in [0.3, 0.4) is 0 Å². The minimum atomic E-state index is 0.892. The van der Waals surface area contributed by atoms with E-state index in [0.717, 1.165) is 105 Å². The number of hydrogen-bond donors (Lipinski definition) is 0. The molecule has 0 aliphatic rings. The Morgan fingerprint density at radius 1 is 0.206 bits per heavy atom. The number of rotatable bonds is 8.